The smallest absolute Gasteiger partial charge is 0.239 e. The van der Waals surface area contributed by atoms with Gasteiger partial charge < -0.3 is 15.3 Å². The Kier molecular flexibility index (Phi) is 8.62. The second-order valence-electron chi connectivity index (χ2n) is 4.62. The van der Waals surface area contributed by atoms with Gasteiger partial charge in [0.25, 0.3) is 0 Å². The van der Waals surface area contributed by atoms with Crippen molar-refractivity contribution in [1.82, 2.24) is 15.2 Å². The molecule has 0 aliphatic carbocycles. The fourth-order valence-corrected chi connectivity index (χ4v) is 2.95. The number of nitrogens with one attached hydrogen (secondary N) is 1. The average molecular weight is 342 g/mol. The third-order valence-electron chi connectivity index (χ3n) is 3.10. The predicted molar refractivity (Wildman–Crippen MR) is 84.9 cm³/mol. The quantitative estimate of drug-likeness (QED) is 0.864. The SMILES string of the molecule is CCc1cnc(CN(C)C(=O)C2CC(O)CN2)s1.Cl.Cl. The fraction of sp³-hybridized carbons (Fsp3) is 0.667. The molecule has 8 heteroatoms. The molecule has 20 heavy (non-hydrogen) atoms. The second-order valence-corrected chi connectivity index (χ2v) is 5.82. The zero-order chi connectivity index (χ0) is 13.1. The zero-order valence-electron chi connectivity index (χ0n) is 11.5. The van der Waals surface area contributed by atoms with Gasteiger partial charge in [0.05, 0.1) is 18.7 Å². The number of thiazole rings is 1. The van der Waals surface area contributed by atoms with E-state index >= 15 is 0 Å². The lowest BCUT2D eigenvalue weighted by atomic mass is 10.2. The van der Waals surface area contributed by atoms with Crippen molar-refractivity contribution >= 4 is 42.1 Å². The van der Waals surface area contributed by atoms with Gasteiger partial charge >= 0.3 is 0 Å². The Hall–Kier alpha value is -0.400. The van der Waals surface area contributed by atoms with Crippen LogP contribution in [0.15, 0.2) is 6.20 Å². The number of halogens is 2. The summed E-state index contributed by atoms with van der Waals surface area (Å²) in [5.74, 6) is 0.0276. The Morgan fingerprint density at radius 3 is 2.80 bits per heavy atom. The molecule has 1 aromatic rings. The molecule has 2 unspecified atom stereocenters. The van der Waals surface area contributed by atoms with Crippen LogP contribution in [-0.2, 0) is 17.8 Å². The van der Waals surface area contributed by atoms with Crippen molar-refractivity contribution in [3.8, 4) is 0 Å². The monoisotopic (exact) mass is 341 g/mol. The Labute approximate surface area is 135 Å². The molecule has 0 saturated carbocycles. The molecule has 1 saturated heterocycles. The average Bonchev–Trinajstić information content (AvgIpc) is 2.97. The van der Waals surface area contributed by atoms with Gasteiger partial charge in [-0.3, -0.25) is 4.79 Å². The number of hydrogen-bond donors (Lipinski definition) is 2. The number of β-amino-alcohol motifs (C(OH)–C–C–N with tert-alkyl or cyclic N) is 1. The normalized spacial score (nSPS) is 20.9. The molecular weight excluding hydrogens is 321 g/mol. The zero-order valence-corrected chi connectivity index (χ0v) is 14.0. The van der Waals surface area contributed by atoms with Crippen LogP contribution in [0.2, 0.25) is 0 Å². The van der Waals surface area contributed by atoms with E-state index in [9.17, 15) is 9.90 Å². The summed E-state index contributed by atoms with van der Waals surface area (Å²) in [6.07, 6.45) is 2.95. The van der Waals surface area contributed by atoms with Crippen molar-refractivity contribution in [2.24, 2.45) is 0 Å². The van der Waals surface area contributed by atoms with E-state index in [2.05, 4.69) is 17.2 Å². The summed E-state index contributed by atoms with van der Waals surface area (Å²) in [7, 11) is 1.78. The van der Waals surface area contributed by atoms with E-state index in [-0.39, 0.29) is 36.8 Å². The molecule has 1 amide bonds. The van der Waals surface area contributed by atoms with Crippen LogP contribution in [0, 0.1) is 0 Å². The number of carbonyl (C=O) groups is 1. The minimum atomic E-state index is -0.404. The number of hydrogen-bond acceptors (Lipinski definition) is 5. The lowest BCUT2D eigenvalue weighted by Crippen LogP contribution is -2.41. The predicted octanol–water partition coefficient (Wildman–Crippen LogP) is 1.23. The van der Waals surface area contributed by atoms with E-state index in [1.54, 1.807) is 23.3 Å². The number of aryl methyl sites for hydroxylation is 1. The molecule has 2 atom stereocenters. The molecule has 2 heterocycles. The molecule has 1 aliphatic heterocycles. The van der Waals surface area contributed by atoms with Gasteiger partial charge in [0.2, 0.25) is 5.91 Å². The molecule has 2 N–H and O–H groups in total. The molecular formula is C12H21Cl2N3O2S. The summed E-state index contributed by atoms with van der Waals surface area (Å²) in [4.78, 5) is 19.3. The molecule has 0 bridgehead atoms. The van der Waals surface area contributed by atoms with Crippen molar-refractivity contribution in [3.63, 3.8) is 0 Å². The Bertz CT molecular complexity index is 431. The highest BCUT2D eigenvalue weighted by Crippen LogP contribution is 2.16. The van der Waals surface area contributed by atoms with Crippen molar-refractivity contribution in [1.29, 1.82) is 0 Å². The van der Waals surface area contributed by atoms with Crippen molar-refractivity contribution in [2.45, 2.75) is 38.5 Å². The van der Waals surface area contributed by atoms with E-state index in [4.69, 9.17) is 0 Å². The van der Waals surface area contributed by atoms with Crippen LogP contribution in [0.25, 0.3) is 0 Å². The van der Waals surface area contributed by atoms with Crippen LogP contribution >= 0.6 is 36.2 Å². The van der Waals surface area contributed by atoms with E-state index in [1.807, 2.05) is 6.20 Å². The van der Waals surface area contributed by atoms with Crippen molar-refractivity contribution in [2.75, 3.05) is 13.6 Å². The Balaban J connectivity index is 0.00000180. The number of amides is 1. The van der Waals surface area contributed by atoms with E-state index < -0.39 is 6.10 Å². The van der Waals surface area contributed by atoms with Gasteiger partial charge in [0, 0.05) is 24.7 Å². The summed E-state index contributed by atoms with van der Waals surface area (Å²) >= 11 is 1.65. The molecule has 0 aromatic carbocycles. The van der Waals surface area contributed by atoms with Crippen LogP contribution < -0.4 is 5.32 Å². The molecule has 0 spiro atoms. The van der Waals surface area contributed by atoms with Gasteiger partial charge in [-0.25, -0.2) is 4.98 Å². The highest BCUT2D eigenvalue weighted by atomic mass is 35.5. The first-order chi connectivity index (χ1) is 8.60. The van der Waals surface area contributed by atoms with Gasteiger partial charge in [-0.05, 0) is 12.8 Å². The first kappa shape index (κ1) is 19.6. The third-order valence-corrected chi connectivity index (χ3v) is 4.23. The maximum atomic E-state index is 12.1. The molecule has 5 nitrogen and oxygen atoms in total. The summed E-state index contributed by atoms with van der Waals surface area (Å²) < 4.78 is 0. The highest BCUT2D eigenvalue weighted by molar-refractivity contribution is 7.11. The van der Waals surface area contributed by atoms with Crippen LogP contribution in [0.5, 0.6) is 0 Å². The number of rotatable bonds is 4. The summed E-state index contributed by atoms with van der Waals surface area (Å²) in [5.41, 5.74) is 0. The van der Waals surface area contributed by atoms with E-state index in [0.29, 0.717) is 19.5 Å². The fourth-order valence-electron chi connectivity index (χ4n) is 2.04. The molecule has 1 aliphatic rings. The van der Waals surface area contributed by atoms with Gasteiger partial charge in [-0.2, -0.15) is 0 Å². The first-order valence-electron chi connectivity index (χ1n) is 6.20. The summed E-state index contributed by atoms with van der Waals surface area (Å²) in [6, 6.07) is -0.254. The number of nitrogens with zero attached hydrogens (tertiary/aromatic N) is 2. The molecule has 116 valence electrons. The number of carbonyl (C=O) groups excluding carboxylic acids is 1. The summed E-state index contributed by atoms with van der Waals surface area (Å²) in [6.45, 7) is 3.13. The standard InChI is InChI=1S/C12H19N3O2S.2ClH/c1-3-9-6-14-11(18-9)7-15(2)12(17)10-4-8(16)5-13-10;;/h6,8,10,13,16H,3-5,7H2,1-2H3;2*1H. The molecule has 0 radical (unpaired) electrons. The van der Waals surface area contributed by atoms with E-state index in [0.717, 1.165) is 11.4 Å². The van der Waals surface area contributed by atoms with Crippen LogP contribution in [-0.4, -0.2) is 46.6 Å². The van der Waals surface area contributed by atoms with Crippen LogP contribution in [0.4, 0.5) is 0 Å². The minimum absolute atomic E-state index is 0. The summed E-state index contributed by atoms with van der Waals surface area (Å²) in [5, 5.41) is 13.4. The van der Waals surface area contributed by atoms with E-state index in [1.165, 1.54) is 4.88 Å². The number of aliphatic hydroxyl groups is 1. The van der Waals surface area contributed by atoms with Gasteiger partial charge in [-0.1, -0.05) is 6.92 Å². The van der Waals surface area contributed by atoms with Crippen LogP contribution in [0.3, 0.4) is 0 Å². The second kappa shape index (κ2) is 8.79. The Morgan fingerprint density at radius 1 is 1.60 bits per heavy atom. The highest BCUT2D eigenvalue weighted by Gasteiger charge is 2.30. The lowest BCUT2D eigenvalue weighted by Gasteiger charge is -2.19. The first-order valence-corrected chi connectivity index (χ1v) is 7.01. The van der Waals surface area contributed by atoms with Crippen LogP contribution in [0.1, 0.15) is 23.2 Å². The van der Waals surface area contributed by atoms with Gasteiger partial charge in [0.1, 0.15) is 5.01 Å². The largest absolute Gasteiger partial charge is 0.392 e. The number of aromatic nitrogens is 1. The number of aliphatic hydroxyl groups excluding tert-OH is 1. The number of likely N-dealkylation sites (N-methyl/N-ethyl adjacent to an activating group) is 1. The van der Waals surface area contributed by atoms with Crippen molar-refractivity contribution < 1.29 is 9.90 Å². The Morgan fingerprint density at radius 2 is 2.30 bits per heavy atom. The van der Waals surface area contributed by atoms with Gasteiger partial charge in [-0.15, -0.1) is 36.2 Å². The lowest BCUT2D eigenvalue weighted by molar-refractivity contribution is -0.132. The molecule has 2 rings (SSSR count). The maximum absolute atomic E-state index is 12.1. The third kappa shape index (κ3) is 4.86. The molecule has 1 aromatic heterocycles. The minimum Gasteiger partial charge on any atom is -0.392 e. The topological polar surface area (TPSA) is 65.5 Å². The molecule has 1 fully saturated rings. The maximum Gasteiger partial charge on any atom is 0.239 e. The van der Waals surface area contributed by atoms with Gasteiger partial charge in [0.15, 0.2) is 0 Å². The van der Waals surface area contributed by atoms with Crippen molar-refractivity contribution in [3.05, 3.63) is 16.1 Å².